The Morgan fingerprint density at radius 1 is 1.39 bits per heavy atom. The van der Waals surface area contributed by atoms with Crippen LogP contribution in [0.2, 0.25) is 0 Å². The van der Waals surface area contributed by atoms with Crippen molar-refractivity contribution in [3.05, 3.63) is 30.1 Å². The zero-order valence-electron chi connectivity index (χ0n) is 11.0. The predicted molar refractivity (Wildman–Crippen MR) is 70.2 cm³/mol. The molecule has 0 aliphatic heterocycles. The lowest BCUT2D eigenvalue weighted by molar-refractivity contribution is -0.145. The molecule has 1 fully saturated rings. The van der Waals surface area contributed by atoms with Gasteiger partial charge < -0.3 is 4.74 Å². The van der Waals surface area contributed by atoms with E-state index in [1.165, 1.54) is 25.7 Å². The summed E-state index contributed by atoms with van der Waals surface area (Å²) in [4.78, 5) is 16.1. The third kappa shape index (κ3) is 3.31. The van der Waals surface area contributed by atoms with Gasteiger partial charge >= 0.3 is 5.97 Å². The van der Waals surface area contributed by atoms with E-state index in [9.17, 15) is 4.79 Å². The summed E-state index contributed by atoms with van der Waals surface area (Å²) in [6, 6.07) is 3.85. The van der Waals surface area contributed by atoms with Crippen LogP contribution in [0.15, 0.2) is 24.5 Å². The van der Waals surface area contributed by atoms with Crippen LogP contribution in [0.5, 0.6) is 0 Å². The maximum absolute atomic E-state index is 12.1. The number of nitrogens with zero attached hydrogens (tertiary/aromatic N) is 1. The van der Waals surface area contributed by atoms with Gasteiger partial charge in [-0.2, -0.15) is 0 Å². The Bertz CT molecular complexity index is 371. The van der Waals surface area contributed by atoms with Gasteiger partial charge in [0, 0.05) is 12.4 Å². The smallest absolute Gasteiger partial charge is 0.313 e. The number of rotatable bonds is 5. The molecule has 1 aliphatic rings. The maximum Gasteiger partial charge on any atom is 0.313 e. The SMILES string of the molecule is CCOC(=O)C(CC1CCCC1)c1ccncc1. The molecule has 0 amide bonds. The van der Waals surface area contributed by atoms with Crippen molar-refractivity contribution in [1.82, 2.24) is 4.98 Å². The van der Waals surface area contributed by atoms with Crippen LogP contribution < -0.4 is 0 Å². The molecular formula is C15H21NO2. The average molecular weight is 247 g/mol. The van der Waals surface area contributed by atoms with Gasteiger partial charge in [0.25, 0.3) is 0 Å². The molecule has 0 radical (unpaired) electrons. The second kappa shape index (κ2) is 6.53. The van der Waals surface area contributed by atoms with Crippen molar-refractivity contribution in [3.8, 4) is 0 Å². The summed E-state index contributed by atoms with van der Waals surface area (Å²) in [7, 11) is 0. The van der Waals surface area contributed by atoms with Crippen LogP contribution in [0, 0.1) is 5.92 Å². The molecule has 18 heavy (non-hydrogen) atoms. The van der Waals surface area contributed by atoms with Crippen molar-refractivity contribution in [3.63, 3.8) is 0 Å². The molecule has 0 bridgehead atoms. The second-order valence-electron chi connectivity index (χ2n) is 4.97. The number of carbonyl (C=O) groups is 1. The molecule has 0 spiro atoms. The Morgan fingerprint density at radius 3 is 2.67 bits per heavy atom. The minimum atomic E-state index is -0.115. The molecule has 1 aromatic heterocycles. The van der Waals surface area contributed by atoms with Crippen molar-refractivity contribution in [2.45, 2.75) is 44.9 Å². The lowest BCUT2D eigenvalue weighted by Crippen LogP contribution is -2.18. The van der Waals surface area contributed by atoms with E-state index in [1.54, 1.807) is 12.4 Å². The minimum absolute atomic E-state index is 0.0874. The van der Waals surface area contributed by atoms with Crippen molar-refractivity contribution in [2.75, 3.05) is 6.61 Å². The first-order valence-electron chi connectivity index (χ1n) is 6.87. The van der Waals surface area contributed by atoms with Crippen LogP contribution in [0.1, 0.15) is 50.5 Å². The van der Waals surface area contributed by atoms with Crippen LogP contribution in [-0.2, 0) is 9.53 Å². The number of pyridine rings is 1. The molecule has 0 N–H and O–H groups in total. The topological polar surface area (TPSA) is 39.2 Å². The third-order valence-corrected chi connectivity index (χ3v) is 3.72. The first-order chi connectivity index (χ1) is 8.81. The number of esters is 1. The van der Waals surface area contributed by atoms with Crippen LogP contribution in [0.4, 0.5) is 0 Å². The quantitative estimate of drug-likeness (QED) is 0.749. The van der Waals surface area contributed by atoms with Gasteiger partial charge in [-0.25, -0.2) is 0 Å². The largest absolute Gasteiger partial charge is 0.466 e. The summed E-state index contributed by atoms with van der Waals surface area (Å²) in [5.41, 5.74) is 1.04. The molecule has 1 aromatic rings. The van der Waals surface area contributed by atoms with E-state index in [0.29, 0.717) is 12.5 Å². The van der Waals surface area contributed by atoms with Gasteiger partial charge in [0.1, 0.15) is 0 Å². The molecule has 1 atom stereocenters. The van der Waals surface area contributed by atoms with Gasteiger partial charge in [0.05, 0.1) is 12.5 Å². The summed E-state index contributed by atoms with van der Waals surface area (Å²) in [6.07, 6.45) is 9.52. The van der Waals surface area contributed by atoms with Crippen LogP contribution in [0.3, 0.4) is 0 Å². The Labute approximate surface area is 109 Å². The summed E-state index contributed by atoms with van der Waals surface area (Å²) in [6.45, 7) is 2.31. The minimum Gasteiger partial charge on any atom is -0.466 e. The van der Waals surface area contributed by atoms with E-state index in [2.05, 4.69) is 4.98 Å². The zero-order chi connectivity index (χ0) is 12.8. The van der Waals surface area contributed by atoms with E-state index >= 15 is 0 Å². The Morgan fingerprint density at radius 2 is 2.06 bits per heavy atom. The first-order valence-corrected chi connectivity index (χ1v) is 6.87. The highest BCUT2D eigenvalue weighted by Crippen LogP contribution is 2.34. The molecule has 1 saturated carbocycles. The van der Waals surface area contributed by atoms with Gasteiger partial charge in [-0.1, -0.05) is 25.7 Å². The summed E-state index contributed by atoms with van der Waals surface area (Å²) in [5, 5.41) is 0. The lowest BCUT2D eigenvalue weighted by atomic mass is 9.88. The normalized spacial score (nSPS) is 17.6. The van der Waals surface area contributed by atoms with Crippen LogP contribution >= 0.6 is 0 Å². The molecule has 98 valence electrons. The van der Waals surface area contributed by atoms with Crippen molar-refractivity contribution < 1.29 is 9.53 Å². The van der Waals surface area contributed by atoms with Crippen LogP contribution in [0.25, 0.3) is 0 Å². The summed E-state index contributed by atoms with van der Waals surface area (Å²) >= 11 is 0. The van der Waals surface area contributed by atoms with Crippen LogP contribution in [-0.4, -0.2) is 17.6 Å². The van der Waals surface area contributed by atoms with Gasteiger partial charge in [0.15, 0.2) is 0 Å². The number of aromatic nitrogens is 1. The fourth-order valence-corrected chi connectivity index (χ4v) is 2.79. The second-order valence-corrected chi connectivity index (χ2v) is 4.97. The maximum atomic E-state index is 12.1. The first kappa shape index (κ1) is 13.1. The Hall–Kier alpha value is -1.38. The average Bonchev–Trinajstić information content (AvgIpc) is 2.90. The highest BCUT2D eigenvalue weighted by Gasteiger charge is 2.27. The number of carbonyl (C=O) groups excluding carboxylic acids is 1. The van der Waals surface area contributed by atoms with Crippen molar-refractivity contribution in [2.24, 2.45) is 5.92 Å². The Balaban J connectivity index is 2.09. The van der Waals surface area contributed by atoms with Crippen molar-refractivity contribution >= 4 is 5.97 Å². The molecule has 1 heterocycles. The number of hydrogen-bond acceptors (Lipinski definition) is 3. The number of hydrogen-bond donors (Lipinski definition) is 0. The van der Waals surface area contributed by atoms with E-state index in [4.69, 9.17) is 4.74 Å². The van der Waals surface area contributed by atoms with E-state index in [0.717, 1.165) is 12.0 Å². The molecule has 3 heteroatoms. The fourth-order valence-electron chi connectivity index (χ4n) is 2.79. The monoisotopic (exact) mass is 247 g/mol. The summed E-state index contributed by atoms with van der Waals surface area (Å²) < 4.78 is 5.21. The van der Waals surface area contributed by atoms with Gasteiger partial charge in [-0.15, -0.1) is 0 Å². The summed E-state index contributed by atoms with van der Waals surface area (Å²) in [5.74, 6) is 0.472. The molecule has 3 nitrogen and oxygen atoms in total. The fraction of sp³-hybridized carbons (Fsp3) is 0.600. The molecular weight excluding hydrogens is 226 g/mol. The predicted octanol–water partition coefficient (Wildman–Crippen LogP) is 3.31. The number of ether oxygens (including phenoxy) is 1. The van der Waals surface area contributed by atoms with E-state index in [-0.39, 0.29) is 11.9 Å². The third-order valence-electron chi connectivity index (χ3n) is 3.72. The van der Waals surface area contributed by atoms with Crippen molar-refractivity contribution in [1.29, 1.82) is 0 Å². The zero-order valence-corrected chi connectivity index (χ0v) is 11.0. The van der Waals surface area contributed by atoms with Gasteiger partial charge in [-0.05, 0) is 37.0 Å². The van der Waals surface area contributed by atoms with Gasteiger partial charge in [-0.3, -0.25) is 9.78 Å². The highest BCUT2D eigenvalue weighted by molar-refractivity contribution is 5.78. The standard InChI is InChI=1S/C15H21NO2/c1-2-18-15(17)14(11-12-5-3-4-6-12)13-7-9-16-10-8-13/h7-10,12,14H,2-6,11H2,1H3. The van der Waals surface area contributed by atoms with E-state index in [1.807, 2.05) is 19.1 Å². The van der Waals surface area contributed by atoms with Gasteiger partial charge in [0.2, 0.25) is 0 Å². The van der Waals surface area contributed by atoms with E-state index < -0.39 is 0 Å². The molecule has 0 aromatic carbocycles. The molecule has 0 saturated heterocycles. The lowest BCUT2D eigenvalue weighted by Gasteiger charge is -2.19. The Kier molecular flexibility index (Phi) is 4.73. The highest BCUT2D eigenvalue weighted by atomic mass is 16.5. The molecule has 1 aliphatic carbocycles. The molecule has 1 unspecified atom stereocenters. The molecule has 2 rings (SSSR count).